The summed E-state index contributed by atoms with van der Waals surface area (Å²) in [7, 11) is 0. The van der Waals surface area contributed by atoms with Gasteiger partial charge in [-0.25, -0.2) is 9.97 Å². The van der Waals surface area contributed by atoms with Crippen LogP contribution in [-0.4, -0.2) is 70.0 Å². The molecule has 0 bridgehead atoms. The number of carbonyl (C=O) groups is 2. The third-order valence-electron chi connectivity index (χ3n) is 5.60. The maximum absolute atomic E-state index is 12.8. The lowest BCUT2D eigenvalue weighted by molar-refractivity contribution is -0.124. The molecule has 1 amide bonds. The van der Waals surface area contributed by atoms with E-state index < -0.39 is 5.60 Å². The monoisotopic (exact) mass is 514 g/mol. The number of anilines is 1. The molecule has 10 nitrogen and oxygen atoms in total. The van der Waals surface area contributed by atoms with E-state index in [0.717, 1.165) is 10.9 Å². The molecular formula is C27H38N4O6. The zero-order valence-corrected chi connectivity index (χ0v) is 22.2. The second kappa shape index (κ2) is 13.6. The summed E-state index contributed by atoms with van der Waals surface area (Å²) in [6.45, 7) is 9.80. The van der Waals surface area contributed by atoms with Crippen molar-refractivity contribution in [3.63, 3.8) is 0 Å². The van der Waals surface area contributed by atoms with E-state index in [2.05, 4.69) is 10.3 Å². The Kier molecular flexibility index (Phi) is 10.5. The number of ether oxygens (including phenoxy) is 3. The summed E-state index contributed by atoms with van der Waals surface area (Å²) in [5.41, 5.74) is 1.01. The van der Waals surface area contributed by atoms with E-state index in [9.17, 15) is 14.7 Å². The Morgan fingerprint density at radius 3 is 2.49 bits per heavy atom. The molecule has 0 aliphatic carbocycles. The standard InChI is InChI=1S/C27H38N4O6/c1-5-35-14-15-37-16-19(32)10-9-13-23(33)30-26-24-25(20-11-7-8-12-21(20)28-26)31(18-27(3,4)34)22(29-24)17-36-6-2/h7-8,11-12,34H,5-6,9-10,13-18H2,1-4H3,(H,28,30,33). The molecule has 0 saturated heterocycles. The minimum Gasteiger partial charge on any atom is -0.389 e. The number of benzene rings is 1. The van der Waals surface area contributed by atoms with E-state index in [4.69, 9.17) is 19.2 Å². The molecule has 3 aromatic rings. The lowest BCUT2D eigenvalue weighted by atomic mass is 10.1. The lowest BCUT2D eigenvalue weighted by Gasteiger charge is -2.20. The zero-order chi connectivity index (χ0) is 26.8. The van der Waals surface area contributed by atoms with Crippen LogP contribution in [0.25, 0.3) is 21.9 Å². The Morgan fingerprint density at radius 2 is 1.76 bits per heavy atom. The molecule has 0 unspecified atom stereocenters. The number of nitrogens with one attached hydrogen (secondary N) is 1. The van der Waals surface area contributed by atoms with Crippen LogP contribution in [-0.2, 0) is 37.0 Å². The van der Waals surface area contributed by atoms with Crippen molar-refractivity contribution in [3.05, 3.63) is 30.1 Å². The normalized spacial score (nSPS) is 11.9. The fourth-order valence-electron chi connectivity index (χ4n) is 3.99. The van der Waals surface area contributed by atoms with Crippen LogP contribution in [0.3, 0.4) is 0 Å². The predicted octanol–water partition coefficient (Wildman–Crippen LogP) is 3.62. The number of carbonyl (C=O) groups excluding carboxylic acids is 2. The summed E-state index contributed by atoms with van der Waals surface area (Å²) in [4.78, 5) is 34.3. The van der Waals surface area contributed by atoms with Gasteiger partial charge in [-0.1, -0.05) is 18.2 Å². The first-order chi connectivity index (χ1) is 17.7. The first-order valence-electron chi connectivity index (χ1n) is 12.8. The molecule has 2 aromatic heterocycles. The fourth-order valence-corrected chi connectivity index (χ4v) is 3.99. The Balaban J connectivity index is 1.78. The second-order valence-electron chi connectivity index (χ2n) is 9.43. The van der Waals surface area contributed by atoms with Crippen LogP contribution in [0.2, 0.25) is 0 Å². The first kappa shape index (κ1) is 28.6. The van der Waals surface area contributed by atoms with Gasteiger partial charge in [0.15, 0.2) is 11.6 Å². The number of hydrogen-bond acceptors (Lipinski definition) is 8. The van der Waals surface area contributed by atoms with Gasteiger partial charge in [0.2, 0.25) is 5.91 Å². The molecule has 2 N–H and O–H groups in total. The van der Waals surface area contributed by atoms with Crippen LogP contribution >= 0.6 is 0 Å². The second-order valence-corrected chi connectivity index (χ2v) is 9.43. The molecular weight excluding hydrogens is 476 g/mol. The number of aromatic nitrogens is 3. The third-order valence-corrected chi connectivity index (χ3v) is 5.60. The smallest absolute Gasteiger partial charge is 0.225 e. The van der Waals surface area contributed by atoms with Crippen molar-refractivity contribution in [1.29, 1.82) is 0 Å². The largest absolute Gasteiger partial charge is 0.389 e. The zero-order valence-electron chi connectivity index (χ0n) is 22.2. The van der Waals surface area contributed by atoms with Crippen LogP contribution in [0.5, 0.6) is 0 Å². The van der Waals surface area contributed by atoms with Gasteiger partial charge < -0.3 is 29.2 Å². The average molecular weight is 515 g/mol. The summed E-state index contributed by atoms with van der Waals surface area (Å²) in [5.74, 6) is 0.679. The molecule has 0 atom stereocenters. The highest BCUT2D eigenvalue weighted by Gasteiger charge is 2.23. The van der Waals surface area contributed by atoms with Crippen molar-refractivity contribution < 1.29 is 28.9 Å². The number of ketones is 1. The number of amides is 1. The van der Waals surface area contributed by atoms with Crippen LogP contribution in [0, 0.1) is 0 Å². The van der Waals surface area contributed by atoms with Crippen molar-refractivity contribution >= 4 is 39.4 Å². The molecule has 1 aromatic carbocycles. The minimum absolute atomic E-state index is 0.0167. The van der Waals surface area contributed by atoms with Crippen molar-refractivity contribution in [2.75, 3.05) is 38.4 Å². The van der Waals surface area contributed by atoms with Gasteiger partial charge >= 0.3 is 0 Å². The van der Waals surface area contributed by atoms with Gasteiger partial charge in [0.1, 0.15) is 24.6 Å². The minimum atomic E-state index is -0.998. The van der Waals surface area contributed by atoms with Gasteiger partial charge in [0.25, 0.3) is 0 Å². The maximum Gasteiger partial charge on any atom is 0.225 e. The average Bonchev–Trinajstić information content (AvgIpc) is 3.19. The molecule has 0 saturated carbocycles. The Hall–Kier alpha value is -2.92. The van der Waals surface area contributed by atoms with E-state index in [1.165, 1.54) is 0 Å². The Morgan fingerprint density at radius 1 is 1.03 bits per heavy atom. The number of imidazole rings is 1. The number of nitrogens with zero attached hydrogens (tertiary/aromatic N) is 3. The van der Waals surface area contributed by atoms with Crippen LogP contribution in [0.4, 0.5) is 5.82 Å². The van der Waals surface area contributed by atoms with Crippen molar-refractivity contribution in [3.8, 4) is 0 Å². The van der Waals surface area contributed by atoms with Gasteiger partial charge in [-0.3, -0.25) is 9.59 Å². The first-order valence-corrected chi connectivity index (χ1v) is 12.8. The van der Waals surface area contributed by atoms with Crippen molar-refractivity contribution in [1.82, 2.24) is 14.5 Å². The molecule has 10 heteroatoms. The predicted molar refractivity (Wildman–Crippen MR) is 141 cm³/mol. The van der Waals surface area contributed by atoms with Crippen LogP contribution < -0.4 is 5.32 Å². The van der Waals surface area contributed by atoms with Crippen LogP contribution in [0.15, 0.2) is 24.3 Å². The number of para-hydroxylation sites is 1. The molecule has 3 rings (SSSR count). The van der Waals surface area contributed by atoms with Gasteiger partial charge in [-0.05, 0) is 40.2 Å². The molecule has 37 heavy (non-hydrogen) atoms. The molecule has 0 fully saturated rings. The summed E-state index contributed by atoms with van der Waals surface area (Å²) < 4.78 is 18.0. The maximum atomic E-state index is 12.8. The van der Waals surface area contributed by atoms with E-state index in [-0.39, 0.29) is 37.7 Å². The number of aliphatic hydroxyl groups is 1. The number of rotatable bonds is 16. The Bertz CT molecular complexity index is 1200. The summed E-state index contributed by atoms with van der Waals surface area (Å²) in [6, 6.07) is 7.62. The third kappa shape index (κ3) is 8.29. The number of hydrogen-bond donors (Lipinski definition) is 2. The molecule has 2 heterocycles. The van der Waals surface area contributed by atoms with Crippen molar-refractivity contribution in [2.24, 2.45) is 0 Å². The Labute approximate surface area is 217 Å². The van der Waals surface area contributed by atoms with Gasteiger partial charge in [0, 0.05) is 31.4 Å². The summed E-state index contributed by atoms with van der Waals surface area (Å²) >= 11 is 0. The molecule has 0 aliphatic heterocycles. The number of Topliss-reactive ketones (excluding diaryl/α,β-unsaturated/α-hetero) is 1. The lowest BCUT2D eigenvalue weighted by Crippen LogP contribution is -2.27. The summed E-state index contributed by atoms with van der Waals surface area (Å²) in [5, 5.41) is 14.4. The fraction of sp³-hybridized carbons (Fsp3) is 0.556. The molecule has 0 aliphatic rings. The van der Waals surface area contributed by atoms with E-state index in [1.54, 1.807) is 13.8 Å². The topological polar surface area (TPSA) is 125 Å². The molecule has 202 valence electrons. The molecule has 0 spiro atoms. The van der Waals surface area contributed by atoms with Gasteiger partial charge in [-0.2, -0.15) is 0 Å². The SMILES string of the molecule is CCOCCOCC(=O)CCCC(=O)Nc1nc2ccccc2c2c1nc(COCC)n2CC(C)(C)O. The van der Waals surface area contributed by atoms with E-state index >= 15 is 0 Å². The van der Waals surface area contributed by atoms with Crippen LogP contribution in [0.1, 0.15) is 52.8 Å². The highest BCUT2D eigenvalue weighted by molar-refractivity contribution is 6.09. The number of fused-ring (bicyclic) bond motifs is 3. The molecule has 0 radical (unpaired) electrons. The quantitative estimate of drug-likeness (QED) is 0.278. The highest BCUT2D eigenvalue weighted by atomic mass is 16.5. The van der Waals surface area contributed by atoms with E-state index in [0.29, 0.717) is 62.1 Å². The summed E-state index contributed by atoms with van der Waals surface area (Å²) in [6.07, 6.45) is 0.817. The number of pyridine rings is 1. The van der Waals surface area contributed by atoms with Gasteiger partial charge in [0.05, 0.1) is 36.4 Å². The van der Waals surface area contributed by atoms with Crippen molar-refractivity contribution in [2.45, 2.75) is 65.7 Å². The van der Waals surface area contributed by atoms with Gasteiger partial charge in [-0.15, -0.1) is 0 Å². The highest BCUT2D eigenvalue weighted by Crippen LogP contribution is 2.31. The van der Waals surface area contributed by atoms with E-state index in [1.807, 2.05) is 42.7 Å².